The molecule has 0 saturated carbocycles. The van der Waals surface area contributed by atoms with Crippen molar-refractivity contribution in [2.45, 2.75) is 0 Å². The molecule has 0 radical (unpaired) electrons. The summed E-state index contributed by atoms with van der Waals surface area (Å²) in [6.07, 6.45) is 6.75. The first kappa shape index (κ1) is 65.1. The summed E-state index contributed by atoms with van der Waals surface area (Å²) in [5, 5.41) is 45.3. The van der Waals surface area contributed by atoms with Gasteiger partial charge in [-0.3, -0.25) is 9.97 Å². The summed E-state index contributed by atoms with van der Waals surface area (Å²) in [6.45, 7) is 0. The van der Waals surface area contributed by atoms with Gasteiger partial charge in [0.15, 0.2) is 0 Å². The Morgan fingerprint density at radius 2 is 0.500 bits per heavy atom. The summed E-state index contributed by atoms with van der Waals surface area (Å²) in [6, 6.07) is 116. The van der Waals surface area contributed by atoms with Crippen LogP contribution in [-0.2, 0) is 0 Å². The number of hydrogen-bond acceptors (Lipinski definition) is 8. The van der Waals surface area contributed by atoms with Crippen molar-refractivity contribution < 1.29 is 27.7 Å². The van der Waals surface area contributed by atoms with Crippen molar-refractivity contribution in [2.24, 2.45) is 0 Å². The Morgan fingerprint density at radius 3 is 0.777 bits per heavy atom. The molecule has 24 rings (SSSR count). The molecule has 0 amide bonds. The van der Waals surface area contributed by atoms with E-state index in [4.69, 9.17) is 27.7 Å². The molecular formula is C102H60BBrN2O6. The summed E-state index contributed by atoms with van der Waals surface area (Å²) in [5.74, 6) is 0. The van der Waals surface area contributed by atoms with Crippen LogP contribution in [0, 0.1) is 0 Å². The van der Waals surface area contributed by atoms with Crippen molar-refractivity contribution in [1.29, 1.82) is 0 Å². The van der Waals surface area contributed by atoms with E-state index in [1.54, 1.807) is 18.3 Å². The number of benzene rings is 18. The zero-order valence-electron chi connectivity index (χ0n) is 59.9. The minimum Gasteiger partial charge on any atom is -0.455 e. The van der Waals surface area contributed by atoms with E-state index in [9.17, 15) is 0 Å². The topological polar surface area (TPSA) is 119 Å². The molecule has 0 saturated heterocycles. The van der Waals surface area contributed by atoms with Gasteiger partial charge in [0.05, 0.1) is 0 Å². The third-order valence-corrected chi connectivity index (χ3v) is 22.9. The second-order valence-corrected chi connectivity index (χ2v) is 29.8. The fourth-order valence-electron chi connectivity index (χ4n) is 17.5. The number of hydrogen-bond donors (Lipinski definition) is 2. The van der Waals surface area contributed by atoms with Gasteiger partial charge in [0.2, 0.25) is 0 Å². The fourth-order valence-corrected chi connectivity index (χ4v) is 18.0. The molecule has 0 bridgehead atoms. The van der Waals surface area contributed by atoms with Crippen LogP contribution in [0.2, 0.25) is 0 Å². The van der Waals surface area contributed by atoms with E-state index in [1.165, 1.54) is 92.4 Å². The van der Waals surface area contributed by atoms with Crippen molar-refractivity contribution in [3.63, 3.8) is 0 Å². The zero-order valence-corrected chi connectivity index (χ0v) is 61.4. The van der Waals surface area contributed by atoms with Gasteiger partial charge in [-0.1, -0.05) is 246 Å². The molecule has 8 nitrogen and oxygen atoms in total. The molecule has 0 spiro atoms. The Hall–Kier alpha value is -14.0. The highest BCUT2D eigenvalue weighted by Crippen LogP contribution is 2.51. The third kappa shape index (κ3) is 10.6. The third-order valence-electron chi connectivity index (χ3n) is 22.5. The van der Waals surface area contributed by atoms with Gasteiger partial charge >= 0.3 is 7.12 Å². The average Bonchev–Trinajstić information content (AvgIpc) is 1.61. The zero-order chi connectivity index (χ0) is 74.2. The van der Waals surface area contributed by atoms with Crippen LogP contribution in [0.1, 0.15) is 0 Å². The first-order chi connectivity index (χ1) is 55.3. The Kier molecular flexibility index (Phi) is 15.2. The maximum absolute atomic E-state index is 8.54. The number of halogens is 1. The second-order valence-electron chi connectivity index (χ2n) is 28.9. The van der Waals surface area contributed by atoms with E-state index in [-0.39, 0.29) is 0 Å². The van der Waals surface area contributed by atoms with Crippen LogP contribution in [0.3, 0.4) is 0 Å². The van der Waals surface area contributed by atoms with Crippen LogP contribution in [0.4, 0.5) is 0 Å². The summed E-state index contributed by atoms with van der Waals surface area (Å²) in [7, 11) is -1.40. The van der Waals surface area contributed by atoms with E-state index in [1.807, 2.05) is 18.5 Å². The Morgan fingerprint density at radius 1 is 0.232 bits per heavy atom. The van der Waals surface area contributed by atoms with E-state index in [0.717, 1.165) is 148 Å². The maximum atomic E-state index is 8.54. The number of rotatable bonds is 6. The van der Waals surface area contributed by atoms with Crippen LogP contribution < -0.4 is 5.46 Å². The van der Waals surface area contributed by atoms with Gasteiger partial charge in [-0.05, 0) is 211 Å². The first-order valence-electron chi connectivity index (χ1n) is 37.4. The summed E-state index contributed by atoms with van der Waals surface area (Å²) in [5.41, 5.74) is 18.1. The quantitative estimate of drug-likeness (QED) is 0.158. The van der Waals surface area contributed by atoms with Gasteiger partial charge in [-0.25, -0.2) is 0 Å². The molecule has 10 heteroatoms. The molecule has 0 unspecified atom stereocenters. The van der Waals surface area contributed by atoms with Gasteiger partial charge in [-0.2, -0.15) is 0 Å². The van der Waals surface area contributed by atoms with E-state index >= 15 is 0 Å². The van der Waals surface area contributed by atoms with E-state index in [2.05, 4.69) is 335 Å². The summed E-state index contributed by atoms with van der Waals surface area (Å²) < 4.78 is 28.5. The lowest BCUT2D eigenvalue weighted by Gasteiger charge is -2.14. The molecule has 0 atom stereocenters. The predicted octanol–water partition coefficient (Wildman–Crippen LogP) is 27.5. The normalized spacial score (nSPS) is 11.9. The monoisotopic (exact) mass is 1500 g/mol. The second kappa shape index (κ2) is 26.1. The van der Waals surface area contributed by atoms with Crippen LogP contribution in [-0.4, -0.2) is 27.1 Å². The van der Waals surface area contributed by atoms with Gasteiger partial charge in [0.1, 0.15) is 44.7 Å². The minimum absolute atomic E-state index is 0.414. The van der Waals surface area contributed by atoms with Crippen LogP contribution in [0.5, 0.6) is 0 Å². The van der Waals surface area contributed by atoms with E-state index in [0.29, 0.717) is 5.46 Å². The van der Waals surface area contributed by atoms with Crippen LogP contribution >= 0.6 is 15.9 Å². The average molecular weight is 1500 g/mol. The number of pyridine rings is 2. The van der Waals surface area contributed by atoms with Crippen molar-refractivity contribution in [1.82, 2.24) is 9.97 Å². The van der Waals surface area contributed by atoms with Crippen molar-refractivity contribution >= 4 is 202 Å². The number of furan rings is 4. The fraction of sp³-hybridized carbons (Fsp3) is 0. The van der Waals surface area contributed by atoms with Crippen LogP contribution in [0.15, 0.2) is 375 Å². The molecule has 0 aliphatic carbocycles. The highest BCUT2D eigenvalue weighted by atomic mass is 79.9. The van der Waals surface area contributed by atoms with Crippen molar-refractivity contribution in [2.75, 3.05) is 0 Å². The molecule has 0 aliphatic heterocycles. The molecule has 112 heavy (non-hydrogen) atoms. The molecule has 6 aromatic heterocycles. The van der Waals surface area contributed by atoms with E-state index < -0.39 is 7.12 Å². The molecule has 524 valence electrons. The summed E-state index contributed by atoms with van der Waals surface area (Å²) >= 11 is 3.91. The SMILES string of the molecule is Brc1cc(-c2cc3ccccc3c3c2oc2ccc4ccccc4c23)cc(-c2cc3ccccc3c3c2oc2ccc4ccccc4c23)c1.OB(O)c1cccnc1.c1cncc(-c2cc(-c3cc4ccccc4c4c3oc3ccc5ccccc5c34)cc(-c3cc4ccccc4c4c3oc3ccc5ccccc5c34)c2)c1. The lowest BCUT2D eigenvalue weighted by Crippen LogP contribution is -2.29. The standard InChI is InChI=1S/C51H29NO2.C46H25BrO2.C5H6BNO2/c1-5-15-38-30(10-1)19-21-44-46(38)48-40-17-7-3-12-32(40)27-42(50(48)53-44)36-24-35(34-14-9-23-52-29-34)25-37(26-36)43-28-33-13-4-8-18-41(33)49-47-39-16-6-2-11-31(39)20-22-45(47)54-51(43)49;47-32-22-30(37-24-28-11-3-7-15-35(28)43-41-33-13-5-1-9-26(33)17-19-39(41)48-45(37)43)21-31(23-32)38-25-29-12-4-8-16-36(29)44-42-34-14-6-2-10-27(34)18-20-40(42)49-46(38)44;8-6(9)5-2-1-3-7-4-5/h1-29H;1-25H;1-4,8-9H. The molecule has 6 heterocycles. The van der Waals surface area contributed by atoms with Crippen molar-refractivity contribution in [3.8, 4) is 55.6 Å². The van der Waals surface area contributed by atoms with Gasteiger partial charge in [0, 0.05) is 106 Å². The molecular weight excluding hydrogens is 1440 g/mol. The maximum Gasteiger partial charge on any atom is 0.490 e. The molecule has 24 aromatic rings. The largest absolute Gasteiger partial charge is 0.490 e. The molecule has 0 aliphatic rings. The smallest absolute Gasteiger partial charge is 0.455 e. The highest BCUT2D eigenvalue weighted by Gasteiger charge is 2.26. The molecule has 2 N–H and O–H groups in total. The molecule has 0 fully saturated rings. The number of nitrogens with zero attached hydrogens (tertiary/aromatic N) is 2. The minimum atomic E-state index is -1.40. The van der Waals surface area contributed by atoms with Crippen molar-refractivity contribution in [3.05, 3.63) is 357 Å². The Bertz CT molecular complexity index is 7600. The lowest BCUT2D eigenvalue weighted by molar-refractivity contribution is 0.425. The Balaban J connectivity index is 0.000000124. The summed E-state index contributed by atoms with van der Waals surface area (Å²) in [4.78, 5) is 8.21. The van der Waals surface area contributed by atoms with Gasteiger partial charge in [-0.15, -0.1) is 0 Å². The number of aromatic nitrogens is 2. The van der Waals surface area contributed by atoms with Gasteiger partial charge < -0.3 is 27.7 Å². The van der Waals surface area contributed by atoms with Crippen LogP contribution in [0.25, 0.3) is 230 Å². The van der Waals surface area contributed by atoms with Gasteiger partial charge in [0.25, 0.3) is 0 Å². The Labute approximate surface area is 648 Å². The highest BCUT2D eigenvalue weighted by molar-refractivity contribution is 9.10. The lowest BCUT2D eigenvalue weighted by atomic mass is 9.82. The number of fused-ring (bicyclic) bond motifs is 28. The predicted molar refractivity (Wildman–Crippen MR) is 469 cm³/mol. The molecule has 18 aromatic carbocycles. The first-order valence-corrected chi connectivity index (χ1v) is 38.2.